The molecule has 0 atom stereocenters. The number of hydrogen-bond acceptors (Lipinski definition) is 7. The average Bonchev–Trinajstić information content (AvgIpc) is 3.32. The van der Waals surface area contributed by atoms with E-state index >= 15 is 0 Å². The first-order chi connectivity index (χ1) is 17.2. The normalized spacial score (nSPS) is 14.0. The van der Waals surface area contributed by atoms with Gasteiger partial charge in [0.2, 0.25) is 11.7 Å². The molecule has 4 aromatic rings. The highest BCUT2D eigenvalue weighted by atomic mass is 32.2. The summed E-state index contributed by atoms with van der Waals surface area (Å²) in [6.07, 6.45) is 1.84. The number of fused-ring (bicyclic) bond motifs is 3. The number of morpholine rings is 1. The molecule has 0 radical (unpaired) electrons. The SMILES string of the molecule is CCCCn1c(=O)c2ccccc2n2c(SCC(=O)Nc3ccc(N4CCOCC4)cc3)nnc12. The molecule has 10 heteroatoms. The van der Waals surface area contributed by atoms with Gasteiger partial charge in [0.05, 0.1) is 29.9 Å². The van der Waals surface area contributed by atoms with Gasteiger partial charge in [-0.25, -0.2) is 0 Å². The van der Waals surface area contributed by atoms with E-state index in [0.29, 0.717) is 22.9 Å². The molecule has 1 aliphatic rings. The third-order valence-corrected chi connectivity index (χ3v) is 7.00. The number of aromatic nitrogens is 4. The van der Waals surface area contributed by atoms with E-state index in [9.17, 15) is 9.59 Å². The summed E-state index contributed by atoms with van der Waals surface area (Å²) < 4.78 is 8.96. The molecule has 1 saturated heterocycles. The van der Waals surface area contributed by atoms with Gasteiger partial charge in [-0.05, 0) is 42.8 Å². The van der Waals surface area contributed by atoms with Crippen LogP contribution in [-0.4, -0.2) is 57.1 Å². The van der Waals surface area contributed by atoms with E-state index < -0.39 is 0 Å². The van der Waals surface area contributed by atoms with Gasteiger partial charge >= 0.3 is 0 Å². The van der Waals surface area contributed by atoms with Crippen molar-refractivity contribution in [1.82, 2.24) is 19.2 Å². The van der Waals surface area contributed by atoms with Crippen LogP contribution in [0.3, 0.4) is 0 Å². The number of anilines is 2. The summed E-state index contributed by atoms with van der Waals surface area (Å²) in [5, 5.41) is 12.8. The van der Waals surface area contributed by atoms with Crippen molar-refractivity contribution in [2.75, 3.05) is 42.3 Å². The summed E-state index contributed by atoms with van der Waals surface area (Å²) in [5.74, 6) is 0.548. The fourth-order valence-corrected chi connectivity index (χ4v) is 4.99. The maximum Gasteiger partial charge on any atom is 0.262 e. The summed E-state index contributed by atoms with van der Waals surface area (Å²) >= 11 is 1.30. The predicted molar refractivity (Wildman–Crippen MR) is 138 cm³/mol. The lowest BCUT2D eigenvalue weighted by atomic mass is 10.2. The van der Waals surface area contributed by atoms with E-state index in [1.807, 2.05) is 52.9 Å². The van der Waals surface area contributed by atoms with E-state index in [0.717, 1.165) is 56.0 Å². The molecular weight excluding hydrogens is 464 g/mol. The first kappa shape index (κ1) is 23.4. The largest absolute Gasteiger partial charge is 0.378 e. The number of carbonyl (C=O) groups is 1. The van der Waals surface area contributed by atoms with E-state index in [4.69, 9.17) is 4.74 Å². The molecule has 1 amide bonds. The molecule has 5 rings (SSSR count). The molecule has 182 valence electrons. The summed E-state index contributed by atoms with van der Waals surface area (Å²) in [7, 11) is 0. The number of unbranched alkanes of at least 4 members (excludes halogenated alkanes) is 1. The van der Waals surface area contributed by atoms with Crippen molar-refractivity contribution >= 4 is 45.7 Å². The van der Waals surface area contributed by atoms with Crippen molar-refractivity contribution in [3.8, 4) is 0 Å². The van der Waals surface area contributed by atoms with Gasteiger partial charge in [0.25, 0.3) is 5.56 Å². The zero-order chi connectivity index (χ0) is 24.2. The second-order valence-electron chi connectivity index (χ2n) is 8.43. The average molecular weight is 493 g/mol. The monoisotopic (exact) mass is 492 g/mol. The Kier molecular flexibility index (Phi) is 7.01. The number of aryl methyl sites for hydroxylation is 1. The van der Waals surface area contributed by atoms with Gasteiger partial charge in [-0.2, -0.15) is 0 Å². The van der Waals surface area contributed by atoms with Gasteiger partial charge in [-0.1, -0.05) is 37.2 Å². The van der Waals surface area contributed by atoms with Crippen LogP contribution in [-0.2, 0) is 16.1 Å². The highest BCUT2D eigenvalue weighted by Crippen LogP contribution is 2.23. The van der Waals surface area contributed by atoms with Gasteiger partial charge in [0.1, 0.15) is 0 Å². The number of hydrogen-bond donors (Lipinski definition) is 1. The van der Waals surface area contributed by atoms with Crippen LogP contribution in [0.4, 0.5) is 11.4 Å². The van der Waals surface area contributed by atoms with Crippen molar-refractivity contribution in [3.05, 3.63) is 58.9 Å². The van der Waals surface area contributed by atoms with E-state index in [1.54, 1.807) is 4.57 Å². The first-order valence-corrected chi connectivity index (χ1v) is 12.9. The topological polar surface area (TPSA) is 93.8 Å². The predicted octanol–water partition coefficient (Wildman–Crippen LogP) is 3.41. The van der Waals surface area contributed by atoms with Crippen molar-refractivity contribution in [3.63, 3.8) is 0 Å². The number of carbonyl (C=O) groups excluding carboxylic acids is 1. The summed E-state index contributed by atoms with van der Waals surface area (Å²) in [5.41, 5.74) is 2.55. The van der Waals surface area contributed by atoms with Gasteiger partial charge in [-0.15, -0.1) is 10.2 Å². The number of nitrogens with zero attached hydrogens (tertiary/aromatic N) is 5. The van der Waals surface area contributed by atoms with E-state index in [2.05, 4.69) is 27.3 Å². The molecular formula is C25H28N6O3S. The fourth-order valence-electron chi connectivity index (χ4n) is 4.25. The molecule has 9 nitrogen and oxygen atoms in total. The molecule has 2 aromatic heterocycles. The molecule has 0 unspecified atom stereocenters. The van der Waals surface area contributed by atoms with Crippen molar-refractivity contribution < 1.29 is 9.53 Å². The molecule has 1 fully saturated rings. The minimum atomic E-state index is -0.130. The van der Waals surface area contributed by atoms with Crippen LogP contribution >= 0.6 is 11.8 Å². The van der Waals surface area contributed by atoms with Gasteiger partial charge in [0.15, 0.2) is 5.16 Å². The Morgan fingerprint density at radius 2 is 1.86 bits per heavy atom. The number of rotatable bonds is 8. The second-order valence-corrected chi connectivity index (χ2v) is 9.37. The van der Waals surface area contributed by atoms with Crippen molar-refractivity contribution in [1.29, 1.82) is 0 Å². The fraction of sp³-hybridized carbons (Fsp3) is 0.360. The molecule has 0 saturated carbocycles. The molecule has 2 aromatic carbocycles. The Bertz CT molecular complexity index is 1390. The lowest BCUT2D eigenvalue weighted by Gasteiger charge is -2.28. The zero-order valence-electron chi connectivity index (χ0n) is 19.6. The Morgan fingerprint density at radius 3 is 2.63 bits per heavy atom. The molecule has 3 heterocycles. The van der Waals surface area contributed by atoms with Crippen LogP contribution in [0.5, 0.6) is 0 Å². The third-order valence-electron chi connectivity index (χ3n) is 6.07. The van der Waals surface area contributed by atoms with Crippen LogP contribution < -0.4 is 15.8 Å². The molecule has 1 aliphatic heterocycles. The van der Waals surface area contributed by atoms with Crippen LogP contribution in [0, 0.1) is 0 Å². The smallest absolute Gasteiger partial charge is 0.262 e. The van der Waals surface area contributed by atoms with Crippen LogP contribution in [0.2, 0.25) is 0 Å². The maximum absolute atomic E-state index is 13.1. The number of nitrogens with one attached hydrogen (secondary N) is 1. The minimum absolute atomic E-state index is 0.0660. The van der Waals surface area contributed by atoms with E-state index in [1.165, 1.54) is 11.8 Å². The van der Waals surface area contributed by atoms with Gasteiger partial charge in [-0.3, -0.25) is 18.6 Å². The number of benzene rings is 2. The molecule has 1 N–H and O–H groups in total. The Hall–Kier alpha value is -3.37. The Balaban J connectivity index is 1.32. The van der Waals surface area contributed by atoms with Crippen molar-refractivity contribution in [2.45, 2.75) is 31.5 Å². The zero-order valence-corrected chi connectivity index (χ0v) is 20.5. The first-order valence-electron chi connectivity index (χ1n) is 11.9. The summed E-state index contributed by atoms with van der Waals surface area (Å²) in [4.78, 5) is 28.0. The standard InChI is InChI=1S/C25H28N6O3S/c1-2-3-12-30-23(33)20-6-4-5-7-21(20)31-24(30)27-28-25(31)35-17-22(32)26-18-8-10-19(11-9-18)29-13-15-34-16-14-29/h4-11H,2-3,12-17H2,1H3,(H,26,32). The number of amides is 1. The summed E-state index contributed by atoms with van der Waals surface area (Å²) in [6, 6.07) is 15.3. The van der Waals surface area contributed by atoms with Crippen LogP contribution in [0.15, 0.2) is 58.5 Å². The molecule has 35 heavy (non-hydrogen) atoms. The van der Waals surface area contributed by atoms with Crippen LogP contribution in [0.1, 0.15) is 19.8 Å². The van der Waals surface area contributed by atoms with E-state index in [-0.39, 0.29) is 17.2 Å². The number of thioether (sulfide) groups is 1. The quantitative estimate of drug-likeness (QED) is 0.377. The molecule has 0 bridgehead atoms. The maximum atomic E-state index is 13.1. The highest BCUT2D eigenvalue weighted by Gasteiger charge is 2.17. The van der Waals surface area contributed by atoms with Gasteiger partial charge < -0.3 is 15.0 Å². The Morgan fingerprint density at radius 1 is 1.09 bits per heavy atom. The highest BCUT2D eigenvalue weighted by molar-refractivity contribution is 7.99. The van der Waals surface area contributed by atoms with Crippen molar-refractivity contribution in [2.24, 2.45) is 0 Å². The lowest BCUT2D eigenvalue weighted by molar-refractivity contribution is -0.113. The molecule has 0 aliphatic carbocycles. The molecule has 0 spiro atoms. The second kappa shape index (κ2) is 10.5. The number of para-hydroxylation sites is 1. The third kappa shape index (κ3) is 4.89. The minimum Gasteiger partial charge on any atom is -0.378 e. The lowest BCUT2D eigenvalue weighted by Crippen LogP contribution is -2.36. The Labute approximate surface area is 207 Å². The van der Waals surface area contributed by atoms with Crippen LogP contribution in [0.25, 0.3) is 16.7 Å². The number of ether oxygens (including phenoxy) is 1. The van der Waals surface area contributed by atoms with Gasteiger partial charge in [0, 0.05) is 31.0 Å². The summed E-state index contributed by atoms with van der Waals surface area (Å²) in [6.45, 7) is 5.87.